The Balaban J connectivity index is 0.00000102. The molecule has 0 aliphatic carbocycles. The molecular weight excluding hydrogens is 1190 g/mol. The fourth-order valence-electron chi connectivity index (χ4n) is 5.47. The van der Waals surface area contributed by atoms with Gasteiger partial charge in [-0.15, -0.1) is 0 Å². The van der Waals surface area contributed by atoms with E-state index in [4.69, 9.17) is 37.9 Å². The number of ketones is 1. The van der Waals surface area contributed by atoms with Gasteiger partial charge in [0.2, 0.25) is 0 Å². The van der Waals surface area contributed by atoms with E-state index in [1.165, 1.54) is 49.3 Å². The van der Waals surface area contributed by atoms with Crippen molar-refractivity contribution >= 4 is 138 Å². The average Bonchev–Trinajstić information content (AvgIpc) is 3.94. The van der Waals surface area contributed by atoms with Crippen LogP contribution in [-0.2, 0) is 9.53 Å². The van der Waals surface area contributed by atoms with E-state index in [-0.39, 0.29) is 40.7 Å². The summed E-state index contributed by atoms with van der Waals surface area (Å²) in [7, 11) is 17.8. The number of ether oxygens (including phenoxy) is 1. The standard InChI is InChI=1S/C20H29NO3S4.C11H16N2O2S2.C9H20N2O2S2.C7H6O3.C4H12N2S2/c22-16(6-1-2-8-17-11-14-27-28-17)7-5-13-25-26-15-12-21-20(24)18-9-3-4-10-19(18)23;12-5-7-16-17-8-6-13-11(15)9-3-1-2-4-10(9)14;1-9(2,3)13-8(12)11-5-7-15-14-6-4-10;8-6-4-2-1-3-5(6)7(9)10;5-1-3-7-8-4-2-6/h3-4,9-10,17,23H,1-2,5-8,11-15H2,(H,21,24);1-4,14H,5-8,12H2,(H,13,15);4-7,10H2,1-3H3,(H,11,12);1-4,8H,(H,9,10);1-6H2/t17-;;;;/m0..../s1. The molecule has 442 valence electrons. The Morgan fingerprint density at radius 2 is 0.936 bits per heavy atom. The van der Waals surface area contributed by atoms with Crippen LogP contribution in [0.1, 0.15) is 96.8 Å². The first kappa shape index (κ1) is 75.8. The van der Waals surface area contributed by atoms with Crippen LogP contribution in [0.15, 0.2) is 72.8 Å². The van der Waals surface area contributed by atoms with Gasteiger partial charge in [-0.25, -0.2) is 9.59 Å². The molecule has 0 aromatic heterocycles. The number of phenolic OH excluding ortho intramolecular Hbond substituents is 2. The number of alkyl carbamates (subject to hydrolysis) is 1. The van der Waals surface area contributed by atoms with Crippen molar-refractivity contribution in [2.75, 3.05) is 97.6 Å². The number of nitrogens with two attached hydrogens (primary N) is 4. The van der Waals surface area contributed by atoms with E-state index >= 15 is 0 Å². The molecule has 3 aromatic carbocycles. The quantitative estimate of drug-likeness (QED) is 0.0199. The molecule has 0 radical (unpaired) electrons. The summed E-state index contributed by atoms with van der Waals surface area (Å²) in [5.74, 6) is 7.26. The van der Waals surface area contributed by atoms with Gasteiger partial charge in [0.05, 0.1) is 11.1 Å². The number of amides is 3. The Hall–Kier alpha value is -2.25. The maximum absolute atomic E-state index is 11.9. The minimum absolute atomic E-state index is 0.00289. The summed E-state index contributed by atoms with van der Waals surface area (Å²) in [6.07, 6.45) is 6.81. The van der Waals surface area contributed by atoms with Gasteiger partial charge in [0.1, 0.15) is 34.2 Å². The molecular formula is C51H83N7O10S10. The monoisotopic (exact) mass is 1270 g/mol. The van der Waals surface area contributed by atoms with Crippen molar-refractivity contribution in [2.24, 2.45) is 22.9 Å². The zero-order chi connectivity index (χ0) is 58.1. The zero-order valence-corrected chi connectivity index (χ0v) is 53.1. The lowest BCUT2D eigenvalue weighted by atomic mass is 10.1. The van der Waals surface area contributed by atoms with Gasteiger partial charge in [-0.05, 0) is 82.9 Å². The Labute approximate surface area is 502 Å². The molecule has 15 N–H and O–H groups in total. The summed E-state index contributed by atoms with van der Waals surface area (Å²) < 4.78 is 5.08. The molecule has 0 unspecified atom stereocenters. The summed E-state index contributed by atoms with van der Waals surface area (Å²) in [4.78, 5) is 56.9. The number of para-hydroxylation sites is 3. The minimum atomic E-state index is -1.11. The number of hydrogen-bond donors (Lipinski definition) is 11. The number of aromatic carboxylic acids is 1. The largest absolute Gasteiger partial charge is 0.507 e. The van der Waals surface area contributed by atoms with Gasteiger partial charge in [-0.3, -0.25) is 14.4 Å². The van der Waals surface area contributed by atoms with Crippen molar-refractivity contribution in [2.45, 2.75) is 76.6 Å². The van der Waals surface area contributed by atoms with Crippen LogP contribution in [0.25, 0.3) is 0 Å². The number of rotatable bonds is 33. The van der Waals surface area contributed by atoms with Crippen molar-refractivity contribution in [1.82, 2.24) is 16.0 Å². The van der Waals surface area contributed by atoms with E-state index in [1.54, 1.807) is 135 Å². The second-order valence-electron chi connectivity index (χ2n) is 16.7. The second kappa shape index (κ2) is 51.6. The van der Waals surface area contributed by atoms with Crippen molar-refractivity contribution < 1.29 is 49.1 Å². The first-order valence-electron chi connectivity index (χ1n) is 25.2. The van der Waals surface area contributed by atoms with E-state index in [0.29, 0.717) is 56.1 Å². The number of unbranched alkanes of at least 4 members (excludes halogenated alkanes) is 1. The van der Waals surface area contributed by atoms with E-state index < -0.39 is 11.6 Å². The normalized spacial score (nSPS) is 12.4. The average molecular weight is 1270 g/mol. The van der Waals surface area contributed by atoms with Crippen LogP contribution < -0.4 is 38.9 Å². The third-order valence-corrected chi connectivity index (χ3v) is 21.9. The molecule has 1 saturated heterocycles. The van der Waals surface area contributed by atoms with Crippen LogP contribution in [0.5, 0.6) is 17.2 Å². The predicted molar refractivity (Wildman–Crippen MR) is 347 cm³/mol. The van der Waals surface area contributed by atoms with Crippen LogP contribution in [0.2, 0.25) is 0 Å². The summed E-state index contributed by atoms with van der Waals surface area (Å²) in [5.41, 5.74) is 21.3. The molecule has 0 saturated carbocycles. The van der Waals surface area contributed by atoms with E-state index in [0.717, 1.165) is 83.6 Å². The van der Waals surface area contributed by atoms with Crippen molar-refractivity contribution in [3.8, 4) is 17.2 Å². The first-order chi connectivity index (χ1) is 37.5. The van der Waals surface area contributed by atoms with Gasteiger partial charge >= 0.3 is 12.1 Å². The lowest BCUT2D eigenvalue weighted by Gasteiger charge is -2.19. The molecule has 17 nitrogen and oxygen atoms in total. The summed E-state index contributed by atoms with van der Waals surface area (Å²) in [6.45, 7) is 10.2. The van der Waals surface area contributed by atoms with Crippen molar-refractivity contribution in [3.63, 3.8) is 0 Å². The number of carboxylic acids is 1. The number of aromatic hydroxyl groups is 3. The van der Waals surface area contributed by atoms with Crippen molar-refractivity contribution in [1.29, 1.82) is 0 Å². The molecule has 78 heavy (non-hydrogen) atoms. The van der Waals surface area contributed by atoms with Crippen LogP contribution in [-0.4, -0.2) is 159 Å². The predicted octanol–water partition coefficient (Wildman–Crippen LogP) is 10.3. The number of carboxylic acid groups (broad SMARTS) is 1. The highest BCUT2D eigenvalue weighted by Crippen LogP contribution is 2.40. The molecule has 4 rings (SSSR count). The fourth-order valence-corrected chi connectivity index (χ4v) is 15.7. The van der Waals surface area contributed by atoms with E-state index in [2.05, 4.69) is 16.0 Å². The molecule has 1 heterocycles. The third kappa shape index (κ3) is 44.4. The van der Waals surface area contributed by atoms with Gasteiger partial charge < -0.3 is 64.0 Å². The van der Waals surface area contributed by atoms with Crippen LogP contribution in [0, 0.1) is 0 Å². The number of carbonyl (C=O) groups is 5. The maximum atomic E-state index is 11.9. The second-order valence-corrected chi connectivity index (χ2v) is 30.3. The van der Waals surface area contributed by atoms with Gasteiger partial charge in [0.25, 0.3) is 11.8 Å². The van der Waals surface area contributed by atoms with E-state index in [9.17, 15) is 34.2 Å². The minimum Gasteiger partial charge on any atom is -0.507 e. The van der Waals surface area contributed by atoms with E-state index in [1.807, 2.05) is 42.4 Å². The highest BCUT2D eigenvalue weighted by molar-refractivity contribution is 8.78. The molecule has 1 aliphatic heterocycles. The molecule has 1 aliphatic rings. The molecule has 3 aromatic rings. The molecule has 1 atom stereocenters. The molecule has 27 heteroatoms. The van der Waals surface area contributed by atoms with Crippen LogP contribution in [0.4, 0.5) is 4.79 Å². The number of nitrogens with one attached hydrogen (secondary N) is 3. The van der Waals surface area contributed by atoms with Gasteiger partial charge in [-0.1, -0.05) is 151 Å². The molecule has 3 amide bonds. The Morgan fingerprint density at radius 1 is 0.551 bits per heavy atom. The number of hydrogen-bond acceptors (Lipinski definition) is 23. The summed E-state index contributed by atoms with van der Waals surface area (Å²) >= 11 is 0. The maximum Gasteiger partial charge on any atom is 0.407 e. The molecule has 1 fully saturated rings. The highest BCUT2D eigenvalue weighted by atomic mass is 33.1. The molecule has 0 bridgehead atoms. The van der Waals surface area contributed by atoms with Crippen molar-refractivity contribution in [3.05, 3.63) is 89.5 Å². The topological polar surface area (TPSA) is 316 Å². The summed E-state index contributed by atoms with van der Waals surface area (Å²) in [6, 6.07) is 18.9. The number of Topliss-reactive ketones (excluding diaryl/α,β-unsaturated/α-hetero) is 1. The van der Waals surface area contributed by atoms with Gasteiger partial charge in [-0.2, -0.15) is 0 Å². The highest BCUT2D eigenvalue weighted by Gasteiger charge is 2.17. The van der Waals surface area contributed by atoms with Gasteiger partial charge in [0.15, 0.2) is 0 Å². The Bertz CT molecular complexity index is 2040. The lowest BCUT2D eigenvalue weighted by molar-refractivity contribution is -0.119. The Morgan fingerprint density at radius 3 is 1.31 bits per heavy atom. The SMILES string of the molecule is CC(C)(C)OC(=O)NCCSSCCN.NCCSSCCN.NCCSSCCNC(=O)c1ccccc1O.O=C(CCCC[C@H]1CCSS1)CCCSSCCNC(=O)c1ccccc1O.O=C(O)c1ccccc1O. The number of carbonyl (C=O) groups excluding carboxylic acids is 4. The fraction of sp³-hybridized carbons (Fsp3) is 0.549. The zero-order valence-electron chi connectivity index (χ0n) is 44.9. The van der Waals surface area contributed by atoms with Crippen LogP contribution >= 0.6 is 108 Å². The van der Waals surface area contributed by atoms with Crippen LogP contribution in [0.3, 0.4) is 0 Å². The number of benzene rings is 3. The smallest absolute Gasteiger partial charge is 0.407 e. The van der Waals surface area contributed by atoms with Gasteiger partial charge in [0, 0.05) is 116 Å². The first-order valence-corrected chi connectivity index (χ1v) is 37.5. The number of phenols is 3. The lowest BCUT2D eigenvalue weighted by Crippen LogP contribution is -2.33. The Kier molecular flexibility index (Phi) is 50.1. The summed E-state index contributed by atoms with van der Waals surface area (Å²) in [5, 5.41) is 45.5. The molecule has 0 spiro atoms. The third-order valence-electron chi connectivity index (χ3n) is 9.01.